The maximum absolute atomic E-state index is 13.0. The predicted molar refractivity (Wildman–Crippen MR) is 116 cm³/mol. The van der Waals surface area contributed by atoms with Gasteiger partial charge in [-0.3, -0.25) is 14.4 Å². The Balaban J connectivity index is 0.00000101. The van der Waals surface area contributed by atoms with Crippen LogP contribution in [0, 0.1) is 12.8 Å². The third kappa shape index (κ3) is 6.55. The smallest absolute Gasteiger partial charge is 0.290 e. The summed E-state index contributed by atoms with van der Waals surface area (Å²) in [7, 11) is 0. The van der Waals surface area contributed by atoms with Crippen LogP contribution in [0.25, 0.3) is 0 Å². The topological polar surface area (TPSA) is 90.0 Å². The summed E-state index contributed by atoms with van der Waals surface area (Å²) in [6.07, 6.45) is 4.68. The van der Waals surface area contributed by atoms with Crippen LogP contribution in [0.3, 0.4) is 0 Å². The Morgan fingerprint density at radius 2 is 1.87 bits per heavy atom. The molecule has 2 atom stereocenters. The molecular weight excluding hydrogens is 382 g/mol. The molecule has 0 aromatic heterocycles. The van der Waals surface area contributed by atoms with Crippen LogP contribution < -0.4 is 5.32 Å². The van der Waals surface area contributed by atoms with Crippen molar-refractivity contribution in [2.24, 2.45) is 5.92 Å². The van der Waals surface area contributed by atoms with Gasteiger partial charge in [-0.2, -0.15) is 0 Å². The van der Waals surface area contributed by atoms with Crippen molar-refractivity contribution in [1.82, 2.24) is 15.1 Å². The molecule has 0 bridgehead atoms. The molecule has 166 valence electrons. The van der Waals surface area contributed by atoms with Crippen molar-refractivity contribution < 1.29 is 19.5 Å². The van der Waals surface area contributed by atoms with E-state index in [9.17, 15) is 9.59 Å². The number of carbonyl (C=O) groups is 3. The number of benzene rings is 1. The summed E-state index contributed by atoms with van der Waals surface area (Å²) in [4.78, 5) is 38.1. The van der Waals surface area contributed by atoms with E-state index in [0.29, 0.717) is 25.9 Å². The van der Waals surface area contributed by atoms with Crippen LogP contribution in [-0.2, 0) is 14.4 Å². The van der Waals surface area contributed by atoms with Crippen molar-refractivity contribution in [2.45, 2.75) is 52.0 Å². The van der Waals surface area contributed by atoms with Gasteiger partial charge >= 0.3 is 0 Å². The fourth-order valence-electron chi connectivity index (χ4n) is 4.43. The first-order valence-corrected chi connectivity index (χ1v) is 11.0. The molecule has 2 heterocycles. The zero-order chi connectivity index (χ0) is 21.9. The average molecular weight is 418 g/mol. The summed E-state index contributed by atoms with van der Waals surface area (Å²) >= 11 is 0. The van der Waals surface area contributed by atoms with Crippen LogP contribution in [0.2, 0.25) is 0 Å². The van der Waals surface area contributed by atoms with Gasteiger partial charge in [0.25, 0.3) is 6.47 Å². The number of hydrogen-bond donors (Lipinski definition) is 2. The van der Waals surface area contributed by atoms with E-state index in [1.165, 1.54) is 31.5 Å². The van der Waals surface area contributed by atoms with E-state index in [-0.39, 0.29) is 30.2 Å². The van der Waals surface area contributed by atoms with E-state index >= 15 is 0 Å². The lowest BCUT2D eigenvalue weighted by atomic mass is 9.83. The molecule has 3 rings (SSSR count). The number of likely N-dealkylation sites (tertiary alicyclic amines) is 2. The standard InChI is InChI=1S/C22H33N3O2.CH2O2/c1-3-25-20(26)12-11-19(21(25)18-9-7-17(2)8-10-18)22(27)23-13-6-16-24-14-4-5-15-24;2-1-3/h7-10,19,21H,3-6,11-16H2,1-2H3,(H,23,27);1H,(H,2,3)/t19-,21+;/m1./s1. The highest BCUT2D eigenvalue weighted by Gasteiger charge is 2.39. The lowest BCUT2D eigenvalue weighted by Crippen LogP contribution is -2.48. The van der Waals surface area contributed by atoms with Gasteiger partial charge in [0.05, 0.1) is 12.0 Å². The molecule has 0 spiro atoms. The number of hydrogen-bond acceptors (Lipinski definition) is 4. The minimum Gasteiger partial charge on any atom is -0.483 e. The Bertz CT molecular complexity index is 686. The Morgan fingerprint density at radius 3 is 2.47 bits per heavy atom. The van der Waals surface area contributed by atoms with Crippen LogP contribution in [0.5, 0.6) is 0 Å². The first kappa shape index (κ1) is 23.9. The van der Waals surface area contributed by atoms with Gasteiger partial charge in [0.1, 0.15) is 0 Å². The minimum absolute atomic E-state index is 0.0907. The molecule has 2 fully saturated rings. The molecule has 2 saturated heterocycles. The monoisotopic (exact) mass is 417 g/mol. The van der Waals surface area contributed by atoms with E-state index in [0.717, 1.165) is 18.5 Å². The number of aryl methyl sites for hydroxylation is 1. The van der Waals surface area contributed by atoms with Gasteiger partial charge in [-0.05, 0) is 64.7 Å². The minimum atomic E-state index is -0.250. The quantitative estimate of drug-likeness (QED) is 0.526. The van der Waals surface area contributed by atoms with Gasteiger partial charge in [0.2, 0.25) is 11.8 Å². The summed E-state index contributed by atoms with van der Waals surface area (Å²) in [5.74, 6) is 0.0752. The number of carboxylic acid groups (broad SMARTS) is 1. The molecule has 30 heavy (non-hydrogen) atoms. The molecule has 0 saturated carbocycles. The summed E-state index contributed by atoms with van der Waals surface area (Å²) in [5, 5.41) is 10.0. The molecule has 1 aromatic carbocycles. The highest BCUT2D eigenvalue weighted by atomic mass is 16.3. The van der Waals surface area contributed by atoms with Crippen LogP contribution in [0.4, 0.5) is 0 Å². The number of piperidine rings is 1. The second-order valence-electron chi connectivity index (χ2n) is 7.98. The van der Waals surface area contributed by atoms with Crippen molar-refractivity contribution in [2.75, 3.05) is 32.7 Å². The van der Waals surface area contributed by atoms with Crippen molar-refractivity contribution in [3.05, 3.63) is 35.4 Å². The van der Waals surface area contributed by atoms with Crippen molar-refractivity contribution in [3.8, 4) is 0 Å². The molecule has 2 amide bonds. The van der Waals surface area contributed by atoms with Crippen LogP contribution in [0.15, 0.2) is 24.3 Å². The third-order valence-corrected chi connectivity index (χ3v) is 5.95. The van der Waals surface area contributed by atoms with Crippen LogP contribution >= 0.6 is 0 Å². The van der Waals surface area contributed by atoms with Crippen LogP contribution in [0.1, 0.15) is 56.2 Å². The second-order valence-corrected chi connectivity index (χ2v) is 7.98. The first-order valence-electron chi connectivity index (χ1n) is 11.0. The molecular formula is C23H35N3O4. The van der Waals surface area contributed by atoms with Crippen molar-refractivity contribution >= 4 is 18.3 Å². The van der Waals surface area contributed by atoms with E-state index in [1.54, 1.807) is 0 Å². The van der Waals surface area contributed by atoms with Gasteiger partial charge in [0, 0.05) is 19.5 Å². The predicted octanol–water partition coefficient (Wildman–Crippen LogP) is 2.60. The maximum Gasteiger partial charge on any atom is 0.290 e. The molecule has 2 aliphatic rings. The number of carbonyl (C=O) groups excluding carboxylic acids is 2. The summed E-state index contributed by atoms with van der Waals surface area (Å²) in [5.41, 5.74) is 2.25. The molecule has 0 aliphatic carbocycles. The molecule has 1 aromatic rings. The molecule has 7 heteroatoms. The van der Waals surface area contributed by atoms with Crippen molar-refractivity contribution in [3.63, 3.8) is 0 Å². The summed E-state index contributed by atoms with van der Waals surface area (Å²) in [6, 6.07) is 8.10. The van der Waals surface area contributed by atoms with Gasteiger partial charge in [-0.15, -0.1) is 0 Å². The Kier molecular flexibility index (Phi) is 9.80. The SMILES string of the molecule is CCN1C(=O)CC[C@@H](C(=O)NCCCN2CCCC2)[C@@H]1c1ccc(C)cc1.O=CO. The van der Waals surface area contributed by atoms with E-state index in [1.807, 2.05) is 11.8 Å². The fraction of sp³-hybridized carbons (Fsp3) is 0.609. The van der Waals surface area contributed by atoms with Gasteiger partial charge in [-0.25, -0.2) is 0 Å². The normalized spacial score (nSPS) is 21.7. The Morgan fingerprint density at radius 1 is 1.23 bits per heavy atom. The Labute approximate surface area is 179 Å². The first-order chi connectivity index (χ1) is 14.5. The Hall–Kier alpha value is -2.41. The molecule has 7 nitrogen and oxygen atoms in total. The lowest BCUT2D eigenvalue weighted by Gasteiger charge is -2.40. The largest absolute Gasteiger partial charge is 0.483 e. The van der Waals surface area contributed by atoms with E-state index in [2.05, 4.69) is 41.4 Å². The molecule has 0 unspecified atom stereocenters. The second kappa shape index (κ2) is 12.3. The lowest BCUT2D eigenvalue weighted by molar-refractivity contribution is -0.143. The number of amides is 2. The molecule has 0 radical (unpaired) electrons. The summed E-state index contributed by atoms with van der Waals surface area (Å²) in [6.45, 7) is 8.60. The maximum atomic E-state index is 13.0. The van der Waals surface area contributed by atoms with Gasteiger partial charge in [-0.1, -0.05) is 29.8 Å². The third-order valence-electron chi connectivity index (χ3n) is 5.95. The molecule has 2 aliphatic heterocycles. The fourth-order valence-corrected chi connectivity index (χ4v) is 4.43. The average Bonchev–Trinajstić information content (AvgIpc) is 3.25. The number of nitrogens with zero attached hydrogens (tertiary/aromatic N) is 2. The van der Waals surface area contributed by atoms with Crippen molar-refractivity contribution in [1.29, 1.82) is 0 Å². The van der Waals surface area contributed by atoms with Crippen LogP contribution in [-0.4, -0.2) is 65.9 Å². The highest BCUT2D eigenvalue weighted by Crippen LogP contribution is 2.36. The zero-order valence-corrected chi connectivity index (χ0v) is 18.2. The van der Waals surface area contributed by atoms with Gasteiger partial charge in [0.15, 0.2) is 0 Å². The zero-order valence-electron chi connectivity index (χ0n) is 18.2. The van der Waals surface area contributed by atoms with E-state index in [4.69, 9.17) is 9.90 Å². The van der Waals surface area contributed by atoms with Gasteiger partial charge < -0.3 is 20.2 Å². The molecule has 2 N–H and O–H groups in total. The number of nitrogens with one attached hydrogen (secondary N) is 1. The highest BCUT2D eigenvalue weighted by molar-refractivity contribution is 5.85. The number of rotatable bonds is 7. The van der Waals surface area contributed by atoms with E-state index < -0.39 is 0 Å². The summed E-state index contributed by atoms with van der Waals surface area (Å²) < 4.78 is 0.